The first-order valence-corrected chi connectivity index (χ1v) is 9.40. The molecule has 0 aliphatic carbocycles. The second-order valence-electron chi connectivity index (χ2n) is 5.43. The highest BCUT2D eigenvalue weighted by atomic mass is 32.1. The van der Waals surface area contributed by atoms with Crippen molar-refractivity contribution in [3.05, 3.63) is 56.8 Å². The Morgan fingerprint density at radius 3 is 2.54 bits per heavy atom. The fourth-order valence-corrected chi connectivity index (χ4v) is 3.71. The van der Waals surface area contributed by atoms with Crippen molar-refractivity contribution in [2.75, 3.05) is 7.11 Å². The van der Waals surface area contributed by atoms with E-state index in [0.717, 1.165) is 26.7 Å². The van der Waals surface area contributed by atoms with Gasteiger partial charge in [0.25, 0.3) is 0 Å². The number of thiazole rings is 1. The molecule has 0 N–H and O–H groups in total. The molecule has 0 saturated heterocycles. The lowest BCUT2D eigenvalue weighted by Crippen LogP contribution is -2.14. The normalized spacial score (nSPS) is 12.4. The van der Waals surface area contributed by atoms with Gasteiger partial charge in [-0.15, -0.1) is 22.7 Å². The zero-order valence-electron chi connectivity index (χ0n) is 13.8. The van der Waals surface area contributed by atoms with E-state index < -0.39 is 0 Å². The van der Waals surface area contributed by atoms with E-state index in [4.69, 9.17) is 4.74 Å². The van der Waals surface area contributed by atoms with E-state index in [2.05, 4.69) is 29.3 Å². The first kappa shape index (κ1) is 16.7. The minimum atomic E-state index is 0.218. The number of thiophene rings is 1. The number of hydrogen-bond acceptors (Lipinski definition) is 5. The maximum atomic E-state index is 5.24. The van der Waals surface area contributed by atoms with E-state index in [1.807, 2.05) is 52.7 Å². The Bertz CT molecular complexity index is 872. The molecule has 2 aromatic heterocycles. The highest BCUT2D eigenvalue weighted by molar-refractivity contribution is 7.11. The summed E-state index contributed by atoms with van der Waals surface area (Å²) < 4.78 is 7.15. The predicted octanol–water partition coefficient (Wildman–Crippen LogP) is 4.48. The smallest absolute Gasteiger partial charge is 0.206 e. The van der Waals surface area contributed by atoms with Gasteiger partial charge in [-0.2, -0.15) is 5.10 Å². The third-order valence-electron chi connectivity index (χ3n) is 3.28. The molecule has 0 aliphatic rings. The molecule has 3 aromatic rings. The van der Waals surface area contributed by atoms with Gasteiger partial charge >= 0.3 is 0 Å². The molecule has 3 rings (SSSR count). The summed E-state index contributed by atoms with van der Waals surface area (Å²) in [6.07, 6.45) is 1.88. The fourth-order valence-electron chi connectivity index (χ4n) is 2.16. The van der Waals surface area contributed by atoms with Gasteiger partial charge in [0.05, 0.1) is 19.0 Å². The van der Waals surface area contributed by atoms with Crippen LogP contribution < -0.4 is 9.54 Å². The highest BCUT2D eigenvalue weighted by Gasteiger charge is 2.08. The Hall–Kier alpha value is -2.18. The Balaban J connectivity index is 2.06. The summed E-state index contributed by atoms with van der Waals surface area (Å²) >= 11 is 3.27. The monoisotopic (exact) mass is 357 g/mol. The molecule has 4 nitrogen and oxygen atoms in total. The van der Waals surface area contributed by atoms with Gasteiger partial charge in [-0.1, -0.05) is 6.07 Å². The molecule has 0 saturated carbocycles. The Morgan fingerprint density at radius 2 is 1.92 bits per heavy atom. The second kappa shape index (κ2) is 7.59. The van der Waals surface area contributed by atoms with Gasteiger partial charge in [0.15, 0.2) is 0 Å². The summed E-state index contributed by atoms with van der Waals surface area (Å²) in [5.41, 5.74) is 2.11. The zero-order valence-corrected chi connectivity index (χ0v) is 15.5. The van der Waals surface area contributed by atoms with Crippen LogP contribution in [0.2, 0.25) is 0 Å². The summed E-state index contributed by atoms with van der Waals surface area (Å²) in [6.45, 7) is 4.14. The molecule has 1 aromatic carbocycles. The molecule has 0 amide bonds. The minimum absolute atomic E-state index is 0.218. The van der Waals surface area contributed by atoms with E-state index >= 15 is 0 Å². The molecule has 0 spiro atoms. The van der Waals surface area contributed by atoms with Crippen molar-refractivity contribution in [2.45, 2.75) is 19.9 Å². The van der Waals surface area contributed by atoms with Crippen LogP contribution in [0.25, 0.3) is 11.3 Å². The summed E-state index contributed by atoms with van der Waals surface area (Å²) in [5, 5.41) is 8.81. The van der Waals surface area contributed by atoms with Gasteiger partial charge in [-0.25, -0.2) is 4.68 Å². The number of methoxy groups -OCH3 is 1. The predicted molar refractivity (Wildman–Crippen MR) is 102 cm³/mol. The largest absolute Gasteiger partial charge is 0.497 e. The average Bonchev–Trinajstić information content (AvgIpc) is 3.22. The van der Waals surface area contributed by atoms with Gasteiger partial charge in [-0.3, -0.25) is 4.99 Å². The molecule has 124 valence electrons. The average molecular weight is 358 g/mol. The van der Waals surface area contributed by atoms with Crippen molar-refractivity contribution in [3.8, 4) is 17.0 Å². The minimum Gasteiger partial charge on any atom is -0.497 e. The summed E-state index contributed by atoms with van der Waals surface area (Å²) in [7, 11) is 1.67. The third kappa shape index (κ3) is 3.83. The maximum absolute atomic E-state index is 5.24. The van der Waals surface area contributed by atoms with Crippen molar-refractivity contribution in [1.29, 1.82) is 0 Å². The van der Waals surface area contributed by atoms with Crippen LogP contribution in [0.3, 0.4) is 0 Å². The molecular formula is C18H19N3OS2. The molecule has 0 bridgehead atoms. The number of hydrogen-bond donors (Lipinski definition) is 0. The van der Waals surface area contributed by atoms with E-state index in [0.29, 0.717) is 0 Å². The van der Waals surface area contributed by atoms with Crippen LogP contribution in [0, 0.1) is 0 Å². The summed E-state index contributed by atoms with van der Waals surface area (Å²) in [5.74, 6) is 0.842. The number of benzene rings is 1. The standard InChI is InChI=1S/C18H19N3OS2/c1-13(2)20-18-21(19-11-16-5-4-10-23-16)17(12-24-18)14-6-8-15(22-3)9-7-14/h4-13H,1-3H3. The highest BCUT2D eigenvalue weighted by Crippen LogP contribution is 2.23. The lowest BCUT2D eigenvalue weighted by molar-refractivity contribution is 0.415. The summed E-state index contributed by atoms with van der Waals surface area (Å²) in [4.78, 5) is 6.69. The van der Waals surface area contributed by atoms with Crippen molar-refractivity contribution in [2.24, 2.45) is 10.1 Å². The van der Waals surface area contributed by atoms with Crippen molar-refractivity contribution >= 4 is 28.9 Å². The van der Waals surface area contributed by atoms with E-state index in [1.165, 1.54) is 0 Å². The number of ether oxygens (including phenoxy) is 1. The quantitative estimate of drug-likeness (QED) is 0.621. The van der Waals surface area contributed by atoms with E-state index in [9.17, 15) is 0 Å². The topological polar surface area (TPSA) is 38.9 Å². The SMILES string of the molecule is COc1ccc(-c2csc(=NC(C)C)n2N=Cc2cccs2)cc1. The Kier molecular flexibility index (Phi) is 5.27. The van der Waals surface area contributed by atoms with Crippen molar-refractivity contribution in [3.63, 3.8) is 0 Å². The van der Waals surface area contributed by atoms with Crippen LogP contribution in [0.1, 0.15) is 18.7 Å². The zero-order chi connectivity index (χ0) is 16.9. The van der Waals surface area contributed by atoms with Crippen LogP contribution in [-0.2, 0) is 0 Å². The summed E-state index contributed by atoms with van der Waals surface area (Å²) in [6, 6.07) is 12.3. The lowest BCUT2D eigenvalue weighted by atomic mass is 10.2. The van der Waals surface area contributed by atoms with Crippen molar-refractivity contribution in [1.82, 2.24) is 4.68 Å². The van der Waals surface area contributed by atoms with Crippen LogP contribution >= 0.6 is 22.7 Å². The lowest BCUT2D eigenvalue weighted by Gasteiger charge is -2.05. The van der Waals surface area contributed by atoms with Gasteiger partial charge in [0.2, 0.25) is 4.80 Å². The molecule has 0 atom stereocenters. The molecule has 2 heterocycles. The molecule has 0 aliphatic heterocycles. The first-order valence-electron chi connectivity index (χ1n) is 7.64. The molecule has 6 heteroatoms. The molecule has 24 heavy (non-hydrogen) atoms. The van der Waals surface area contributed by atoms with Crippen molar-refractivity contribution < 1.29 is 4.74 Å². The molecular weight excluding hydrogens is 338 g/mol. The van der Waals surface area contributed by atoms with Crippen LogP contribution in [0.4, 0.5) is 0 Å². The Morgan fingerprint density at radius 1 is 1.12 bits per heavy atom. The second-order valence-corrected chi connectivity index (χ2v) is 7.24. The first-order chi connectivity index (χ1) is 11.7. The van der Waals surface area contributed by atoms with Gasteiger partial charge in [-0.05, 0) is 49.6 Å². The molecule has 0 unspecified atom stereocenters. The van der Waals surface area contributed by atoms with Crippen LogP contribution in [0.5, 0.6) is 5.75 Å². The third-order valence-corrected chi connectivity index (χ3v) is 4.92. The molecule has 0 fully saturated rings. The van der Waals surface area contributed by atoms with Crippen LogP contribution in [0.15, 0.2) is 57.3 Å². The number of aromatic nitrogens is 1. The maximum Gasteiger partial charge on any atom is 0.206 e. The molecule has 0 radical (unpaired) electrons. The van der Waals surface area contributed by atoms with Crippen LogP contribution in [-0.4, -0.2) is 24.0 Å². The van der Waals surface area contributed by atoms with E-state index in [-0.39, 0.29) is 6.04 Å². The Labute approximate surface area is 149 Å². The number of rotatable bonds is 5. The van der Waals surface area contributed by atoms with E-state index in [1.54, 1.807) is 29.8 Å². The van der Waals surface area contributed by atoms with Gasteiger partial charge < -0.3 is 4.74 Å². The fraction of sp³-hybridized carbons (Fsp3) is 0.222. The van der Waals surface area contributed by atoms with Gasteiger partial charge in [0, 0.05) is 21.9 Å². The number of nitrogens with zero attached hydrogens (tertiary/aromatic N) is 3. The van der Waals surface area contributed by atoms with Gasteiger partial charge in [0.1, 0.15) is 5.75 Å².